The first-order valence-corrected chi connectivity index (χ1v) is 11.0. The van der Waals surface area contributed by atoms with Crippen LogP contribution in [0, 0.1) is 0 Å². The molecule has 0 spiro atoms. The molecular weight excluding hydrogens is 400 g/mol. The highest BCUT2D eigenvalue weighted by atomic mass is 32.2. The number of carbonyl (C=O) groups is 4. The van der Waals surface area contributed by atoms with E-state index in [9.17, 15) is 27.6 Å². The minimum Gasteiger partial charge on any atom is -0.451 e. The van der Waals surface area contributed by atoms with Crippen LogP contribution in [0.1, 0.15) is 41.0 Å². The van der Waals surface area contributed by atoms with Crippen molar-refractivity contribution >= 4 is 33.5 Å². The molecule has 1 fully saturated rings. The lowest BCUT2D eigenvalue weighted by Gasteiger charge is -2.28. The number of esters is 1. The number of nitrogens with zero attached hydrogens (tertiary/aromatic N) is 2. The van der Waals surface area contributed by atoms with Crippen LogP contribution < -0.4 is 0 Å². The molecule has 1 aromatic rings. The summed E-state index contributed by atoms with van der Waals surface area (Å²) in [5.74, 6) is -2.74. The zero-order chi connectivity index (χ0) is 21.5. The van der Waals surface area contributed by atoms with Gasteiger partial charge in [0, 0.05) is 13.1 Å². The lowest BCUT2D eigenvalue weighted by atomic mass is 10.1. The zero-order valence-corrected chi connectivity index (χ0v) is 17.1. The smallest absolute Gasteiger partial charge is 0.329 e. The van der Waals surface area contributed by atoms with Gasteiger partial charge in [-0.1, -0.05) is 12.1 Å². The van der Waals surface area contributed by atoms with Crippen molar-refractivity contribution < 1.29 is 32.3 Å². The first kappa shape index (κ1) is 21.0. The van der Waals surface area contributed by atoms with Crippen molar-refractivity contribution in [2.75, 3.05) is 18.6 Å². The summed E-state index contributed by atoms with van der Waals surface area (Å²) in [5, 5.41) is 0. The second kappa shape index (κ2) is 7.58. The molecule has 156 valence electrons. The van der Waals surface area contributed by atoms with Crippen molar-refractivity contribution in [2.24, 2.45) is 0 Å². The first-order chi connectivity index (χ1) is 13.5. The van der Waals surface area contributed by atoms with E-state index in [1.165, 1.54) is 37.9 Å². The summed E-state index contributed by atoms with van der Waals surface area (Å²) in [7, 11) is -1.70. The fourth-order valence-corrected chi connectivity index (χ4v) is 5.31. The van der Waals surface area contributed by atoms with Gasteiger partial charge in [0.1, 0.15) is 6.04 Å². The third kappa shape index (κ3) is 3.89. The van der Waals surface area contributed by atoms with Gasteiger partial charge in [0.05, 0.1) is 22.6 Å². The number of imide groups is 1. The average Bonchev–Trinajstić information content (AvgIpc) is 3.17. The SMILES string of the molecule is CC(OC(=O)C(C)N1C(=O)c2ccccc2C1=O)C(=O)N(C)C1CCS(=O)(=O)C1. The minimum atomic E-state index is -3.17. The van der Waals surface area contributed by atoms with Crippen LogP contribution in [0.15, 0.2) is 24.3 Å². The van der Waals surface area contributed by atoms with Gasteiger partial charge in [0.25, 0.3) is 17.7 Å². The molecule has 10 heteroatoms. The Morgan fingerprint density at radius 3 is 2.17 bits per heavy atom. The van der Waals surface area contributed by atoms with Crippen LogP contribution in [0.3, 0.4) is 0 Å². The van der Waals surface area contributed by atoms with Crippen molar-refractivity contribution in [3.8, 4) is 0 Å². The van der Waals surface area contributed by atoms with E-state index in [0.29, 0.717) is 6.42 Å². The second-order valence-electron chi connectivity index (χ2n) is 7.29. The molecule has 0 bridgehead atoms. The number of likely N-dealkylation sites (N-methyl/N-ethyl adjacent to an activating group) is 1. The molecule has 1 aromatic carbocycles. The highest BCUT2D eigenvalue weighted by molar-refractivity contribution is 7.91. The molecule has 3 atom stereocenters. The van der Waals surface area contributed by atoms with E-state index in [1.807, 2.05) is 0 Å². The molecule has 0 aromatic heterocycles. The van der Waals surface area contributed by atoms with Crippen molar-refractivity contribution in [3.05, 3.63) is 35.4 Å². The number of carbonyl (C=O) groups excluding carboxylic acids is 4. The summed E-state index contributed by atoms with van der Waals surface area (Å²) in [6, 6.07) is 4.57. The molecule has 2 heterocycles. The van der Waals surface area contributed by atoms with E-state index in [4.69, 9.17) is 4.74 Å². The fourth-order valence-electron chi connectivity index (χ4n) is 3.54. The number of ether oxygens (including phenoxy) is 1. The Balaban J connectivity index is 1.65. The van der Waals surface area contributed by atoms with Crippen LogP contribution >= 0.6 is 0 Å². The predicted octanol–water partition coefficient (Wildman–Crippen LogP) is 0.248. The van der Waals surface area contributed by atoms with Gasteiger partial charge >= 0.3 is 5.97 Å². The number of rotatable bonds is 5. The van der Waals surface area contributed by atoms with Gasteiger partial charge in [-0.05, 0) is 32.4 Å². The van der Waals surface area contributed by atoms with Gasteiger partial charge < -0.3 is 9.64 Å². The molecule has 0 saturated carbocycles. The molecule has 3 unspecified atom stereocenters. The fraction of sp³-hybridized carbons (Fsp3) is 0.474. The van der Waals surface area contributed by atoms with Crippen molar-refractivity contribution in [1.29, 1.82) is 0 Å². The third-order valence-electron chi connectivity index (χ3n) is 5.30. The van der Waals surface area contributed by atoms with E-state index in [-0.39, 0.29) is 22.6 Å². The summed E-state index contributed by atoms with van der Waals surface area (Å²) in [6.45, 7) is 2.73. The maximum Gasteiger partial charge on any atom is 0.329 e. The van der Waals surface area contributed by atoms with E-state index < -0.39 is 51.7 Å². The molecule has 1 saturated heterocycles. The van der Waals surface area contributed by atoms with Gasteiger partial charge in [-0.3, -0.25) is 19.3 Å². The van der Waals surface area contributed by atoms with Gasteiger partial charge in [-0.15, -0.1) is 0 Å². The Morgan fingerprint density at radius 1 is 1.14 bits per heavy atom. The number of fused-ring (bicyclic) bond motifs is 1. The highest BCUT2D eigenvalue weighted by Crippen LogP contribution is 2.25. The van der Waals surface area contributed by atoms with Gasteiger partial charge in [-0.2, -0.15) is 0 Å². The Kier molecular flexibility index (Phi) is 5.48. The molecule has 0 radical (unpaired) electrons. The van der Waals surface area contributed by atoms with Crippen LogP contribution in [-0.4, -0.2) is 78.6 Å². The van der Waals surface area contributed by atoms with Gasteiger partial charge in [0.2, 0.25) is 0 Å². The Labute approximate surface area is 168 Å². The van der Waals surface area contributed by atoms with Crippen molar-refractivity contribution in [1.82, 2.24) is 9.80 Å². The Morgan fingerprint density at radius 2 is 1.69 bits per heavy atom. The second-order valence-corrected chi connectivity index (χ2v) is 9.52. The quantitative estimate of drug-likeness (QED) is 0.493. The standard InChI is InChI=1S/C19H22N2O7S/c1-11(21-17(23)14-6-4-5-7-15(14)18(21)24)19(25)28-12(2)16(22)20(3)13-8-9-29(26,27)10-13/h4-7,11-13H,8-10H2,1-3H3. The molecule has 2 aliphatic heterocycles. The normalized spacial score (nSPS) is 22.2. The monoisotopic (exact) mass is 422 g/mol. The van der Waals surface area contributed by atoms with Crippen LogP contribution in [0.25, 0.3) is 0 Å². The molecule has 2 aliphatic rings. The van der Waals surface area contributed by atoms with E-state index in [0.717, 1.165) is 4.90 Å². The Bertz CT molecular complexity index is 953. The third-order valence-corrected chi connectivity index (χ3v) is 7.05. The minimum absolute atomic E-state index is 0.0141. The molecule has 9 nitrogen and oxygen atoms in total. The first-order valence-electron chi connectivity index (χ1n) is 9.18. The number of hydrogen-bond acceptors (Lipinski definition) is 7. The summed E-state index contributed by atoms with van der Waals surface area (Å²) in [5.41, 5.74) is 0.423. The summed E-state index contributed by atoms with van der Waals surface area (Å²) in [4.78, 5) is 52.1. The number of amides is 3. The molecule has 0 N–H and O–H groups in total. The topological polar surface area (TPSA) is 118 Å². The van der Waals surface area contributed by atoms with Gasteiger partial charge in [-0.25, -0.2) is 13.2 Å². The summed E-state index contributed by atoms with van der Waals surface area (Å²) < 4.78 is 28.4. The zero-order valence-electron chi connectivity index (χ0n) is 16.3. The number of sulfone groups is 1. The number of benzene rings is 1. The molecular formula is C19H22N2O7S. The molecule has 0 aliphatic carbocycles. The van der Waals surface area contributed by atoms with Crippen LogP contribution in [0.4, 0.5) is 0 Å². The van der Waals surface area contributed by atoms with E-state index >= 15 is 0 Å². The van der Waals surface area contributed by atoms with E-state index in [1.54, 1.807) is 12.1 Å². The molecule has 3 amide bonds. The maximum atomic E-state index is 12.5. The Hall–Kier alpha value is -2.75. The van der Waals surface area contributed by atoms with E-state index in [2.05, 4.69) is 0 Å². The predicted molar refractivity (Wildman–Crippen MR) is 102 cm³/mol. The van der Waals surface area contributed by atoms with Gasteiger partial charge in [0.15, 0.2) is 15.9 Å². The summed E-state index contributed by atoms with van der Waals surface area (Å²) >= 11 is 0. The molecule has 3 rings (SSSR count). The largest absolute Gasteiger partial charge is 0.451 e. The maximum absolute atomic E-state index is 12.5. The summed E-state index contributed by atoms with van der Waals surface area (Å²) in [6.07, 6.45) is -0.857. The average molecular weight is 422 g/mol. The van der Waals surface area contributed by atoms with Crippen LogP contribution in [0.5, 0.6) is 0 Å². The van der Waals surface area contributed by atoms with Crippen molar-refractivity contribution in [2.45, 2.75) is 38.5 Å². The van der Waals surface area contributed by atoms with Crippen LogP contribution in [0.2, 0.25) is 0 Å². The van der Waals surface area contributed by atoms with Crippen molar-refractivity contribution in [3.63, 3.8) is 0 Å². The van der Waals surface area contributed by atoms with Crippen LogP contribution in [-0.2, 0) is 24.2 Å². The lowest BCUT2D eigenvalue weighted by Crippen LogP contribution is -2.48. The lowest BCUT2D eigenvalue weighted by molar-refractivity contribution is -0.162. The molecule has 29 heavy (non-hydrogen) atoms. The number of hydrogen-bond donors (Lipinski definition) is 0. The highest BCUT2D eigenvalue weighted by Gasteiger charge is 2.42.